The quantitative estimate of drug-likeness (QED) is 0.764. The second kappa shape index (κ2) is 8.29. The summed E-state index contributed by atoms with van der Waals surface area (Å²) >= 11 is 5.93. The Morgan fingerprint density at radius 3 is 2.44 bits per heavy atom. The Morgan fingerprint density at radius 1 is 1.15 bits per heavy atom. The zero-order valence-corrected chi connectivity index (χ0v) is 17.2. The Balaban J connectivity index is 2.26. The average molecular weight is 411 g/mol. The van der Waals surface area contributed by atoms with Crippen LogP contribution in [0.25, 0.3) is 0 Å². The van der Waals surface area contributed by atoms with Crippen molar-refractivity contribution in [2.24, 2.45) is 0 Å². The topological polar surface area (TPSA) is 84.5 Å². The lowest BCUT2D eigenvalue weighted by Crippen LogP contribution is -2.40. The molecule has 2 aromatic carbocycles. The van der Waals surface area contributed by atoms with Gasteiger partial charge in [-0.1, -0.05) is 23.7 Å². The number of ether oxygens (including phenoxy) is 1. The molecule has 0 heterocycles. The molecule has 0 unspecified atom stereocenters. The maximum absolute atomic E-state index is 12.7. The number of halogens is 1. The monoisotopic (exact) mass is 410 g/mol. The summed E-state index contributed by atoms with van der Waals surface area (Å²) in [6, 6.07) is 11.4. The van der Waals surface area contributed by atoms with E-state index >= 15 is 0 Å². The van der Waals surface area contributed by atoms with E-state index in [1.54, 1.807) is 39.0 Å². The van der Waals surface area contributed by atoms with Gasteiger partial charge < -0.3 is 10.1 Å². The van der Waals surface area contributed by atoms with Gasteiger partial charge in [0.05, 0.1) is 7.11 Å². The number of hydrogen-bond acceptors (Lipinski definition) is 4. The molecule has 0 saturated heterocycles. The molecular weight excluding hydrogens is 388 g/mol. The summed E-state index contributed by atoms with van der Waals surface area (Å²) in [4.78, 5) is 12.4. The Bertz CT molecular complexity index is 937. The van der Waals surface area contributed by atoms with E-state index in [-0.39, 0.29) is 22.8 Å². The molecule has 0 spiro atoms. The van der Waals surface area contributed by atoms with Crippen molar-refractivity contribution in [1.82, 2.24) is 10.0 Å². The number of carbonyl (C=O) groups is 1. The molecule has 0 aliphatic heterocycles. The van der Waals surface area contributed by atoms with Crippen LogP contribution in [-0.2, 0) is 16.6 Å². The molecule has 0 atom stereocenters. The Morgan fingerprint density at radius 2 is 1.85 bits per heavy atom. The van der Waals surface area contributed by atoms with Gasteiger partial charge >= 0.3 is 0 Å². The van der Waals surface area contributed by atoms with E-state index in [0.717, 1.165) is 5.56 Å². The smallest absolute Gasteiger partial charge is 0.251 e. The van der Waals surface area contributed by atoms with Crippen molar-refractivity contribution in [3.63, 3.8) is 0 Å². The standard InChI is InChI=1S/C19H23ClN2O4S/c1-19(2,3)22-27(24,25)17-11-14(8-9-16(17)26-4)18(23)21-12-13-6-5-7-15(20)10-13/h5-11,22H,12H2,1-4H3,(H,21,23). The van der Waals surface area contributed by atoms with Crippen LogP contribution >= 0.6 is 11.6 Å². The van der Waals surface area contributed by atoms with E-state index in [0.29, 0.717) is 5.02 Å². The van der Waals surface area contributed by atoms with Gasteiger partial charge in [0.1, 0.15) is 10.6 Å². The van der Waals surface area contributed by atoms with Gasteiger partial charge in [-0.3, -0.25) is 4.79 Å². The molecule has 2 N–H and O–H groups in total. The number of methoxy groups -OCH3 is 1. The van der Waals surface area contributed by atoms with Crippen LogP contribution in [-0.4, -0.2) is 27.0 Å². The maximum atomic E-state index is 12.7. The van der Waals surface area contributed by atoms with Gasteiger partial charge in [0.15, 0.2) is 0 Å². The zero-order chi connectivity index (χ0) is 20.2. The summed E-state index contributed by atoms with van der Waals surface area (Å²) < 4.78 is 33.1. The number of hydrogen-bond donors (Lipinski definition) is 2. The first-order valence-corrected chi connectivity index (χ1v) is 10.1. The molecule has 8 heteroatoms. The van der Waals surface area contributed by atoms with Crippen LogP contribution in [0.1, 0.15) is 36.7 Å². The highest BCUT2D eigenvalue weighted by Crippen LogP contribution is 2.26. The van der Waals surface area contributed by atoms with Gasteiger partial charge in [0.2, 0.25) is 10.0 Å². The zero-order valence-electron chi connectivity index (χ0n) is 15.7. The fourth-order valence-corrected chi connectivity index (χ4v) is 4.24. The lowest BCUT2D eigenvalue weighted by Gasteiger charge is -2.21. The SMILES string of the molecule is COc1ccc(C(=O)NCc2cccc(Cl)c2)cc1S(=O)(=O)NC(C)(C)C. The molecule has 0 aliphatic carbocycles. The van der Waals surface area contributed by atoms with Crippen LogP contribution in [0.5, 0.6) is 5.75 Å². The minimum atomic E-state index is -3.86. The molecular formula is C19H23ClN2O4S. The molecule has 0 fully saturated rings. The molecule has 146 valence electrons. The number of benzene rings is 2. The first-order chi connectivity index (χ1) is 12.5. The number of rotatable bonds is 6. The number of amides is 1. The van der Waals surface area contributed by atoms with Crippen molar-refractivity contribution in [1.29, 1.82) is 0 Å². The predicted molar refractivity (Wildman–Crippen MR) is 106 cm³/mol. The molecule has 0 aromatic heterocycles. The second-order valence-electron chi connectivity index (χ2n) is 7.03. The van der Waals surface area contributed by atoms with Gasteiger partial charge in [-0.15, -0.1) is 0 Å². The van der Waals surface area contributed by atoms with E-state index in [1.165, 1.54) is 25.3 Å². The van der Waals surface area contributed by atoms with Crippen LogP contribution in [0.15, 0.2) is 47.4 Å². The fourth-order valence-electron chi connectivity index (χ4n) is 2.42. The summed E-state index contributed by atoms with van der Waals surface area (Å²) in [5, 5.41) is 3.33. The molecule has 2 aromatic rings. The van der Waals surface area contributed by atoms with Crippen molar-refractivity contribution >= 4 is 27.5 Å². The van der Waals surface area contributed by atoms with E-state index in [4.69, 9.17) is 16.3 Å². The van der Waals surface area contributed by atoms with Gasteiger partial charge in [0.25, 0.3) is 5.91 Å². The lowest BCUT2D eigenvalue weighted by atomic mass is 10.1. The maximum Gasteiger partial charge on any atom is 0.251 e. The Hall–Kier alpha value is -2.09. The predicted octanol–water partition coefficient (Wildman–Crippen LogP) is 3.36. The normalized spacial score (nSPS) is 11.9. The molecule has 2 rings (SSSR count). The van der Waals surface area contributed by atoms with Crippen LogP contribution in [0.2, 0.25) is 5.02 Å². The number of carbonyl (C=O) groups excluding carboxylic acids is 1. The number of nitrogens with one attached hydrogen (secondary N) is 2. The van der Waals surface area contributed by atoms with Crippen LogP contribution in [0.4, 0.5) is 0 Å². The van der Waals surface area contributed by atoms with Crippen molar-refractivity contribution < 1.29 is 17.9 Å². The largest absolute Gasteiger partial charge is 0.495 e. The summed E-state index contributed by atoms with van der Waals surface area (Å²) in [6.45, 7) is 5.48. The molecule has 0 radical (unpaired) electrons. The summed E-state index contributed by atoms with van der Waals surface area (Å²) in [7, 11) is -2.48. The third-order valence-corrected chi connectivity index (χ3v) is 5.51. The van der Waals surface area contributed by atoms with Gasteiger partial charge in [-0.25, -0.2) is 13.1 Å². The first-order valence-electron chi connectivity index (χ1n) is 8.26. The Kier molecular flexibility index (Phi) is 6.51. The van der Waals surface area contributed by atoms with Gasteiger partial charge in [-0.2, -0.15) is 0 Å². The minimum Gasteiger partial charge on any atom is -0.495 e. The summed E-state index contributed by atoms with van der Waals surface area (Å²) in [5.41, 5.74) is 0.382. The first kappa shape index (κ1) is 21.2. The molecule has 0 aliphatic rings. The van der Waals surface area contributed by atoms with Crippen molar-refractivity contribution in [2.75, 3.05) is 7.11 Å². The van der Waals surface area contributed by atoms with E-state index in [1.807, 2.05) is 6.07 Å². The highest BCUT2D eigenvalue weighted by atomic mass is 35.5. The van der Waals surface area contributed by atoms with E-state index in [2.05, 4.69) is 10.0 Å². The van der Waals surface area contributed by atoms with E-state index in [9.17, 15) is 13.2 Å². The third-order valence-electron chi connectivity index (χ3n) is 3.50. The van der Waals surface area contributed by atoms with Gasteiger partial charge in [-0.05, 0) is 56.7 Å². The molecule has 27 heavy (non-hydrogen) atoms. The average Bonchev–Trinajstić information content (AvgIpc) is 2.57. The van der Waals surface area contributed by atoms with E-state index < -0.39 is 21.5 Å². The second-order valence-corrected chi connectivity index (χ2v) is 9.12. The van der Waals surface area contributed by atoms with Crippen molar-refractivity contribution in [3.8, 4) is 5.75 Å². The van der Waals surface area contributed by atoms with Crippen molar-refractivity contribution in [2.45, 2.75) is 37.8 Å². The minimum absolute atomic E-state index is 0.0877. The molecule has 1 amide bonds. The molecule has 6 nitrogen and oxygen atoms in total. The highest BCUT2D eigenvalue weighted by molar-refractivity contribution is 7.89. The van der Waals surface area contributed by atoms with Crippen LogP contribution in [0, 0.1) is 0 Å². The molecule has 0 bridgehead atoms. The molecule has 0 saturated carbocycles. The van der Waals surface area contributed by atoms with Gasteiger partial charge in [0, 0.05) is 22.7 Å². The van der Waals surface area contributed by atoms with Crippen LogP contribution in [0.3, 0.4) is 0 Å². The van der Waals surface area contributed by atoms with Crippen molar-refractivity contribution in [3.05, 3.63) is 58.6 Å². The number of sulfonamides is 1. The summed E-state index contributed by atoms with van der Waals surface area (Å²) in [6.07, 6.45) is 0. The highest BCUT2D eigenvalue weighted by Gasteiger charge is 2.26. The summed E-state index contributed by atoms with van der Waals surface area (Å²) in [5.74, 6) is -0.233. The Labute approximate surface area is 164 Å². The lowest BCUT2D eigenvalue weighted by molar-refractivity contribution is 0.0950. The van der Waals surface area contributed by atoms with Crippen LogP contribution < -0.4 is 14.8 Å². The third kappa shape index (κ3) is 5.95. The fraction of sp³-hybridized carbons (Fsp3) is 0.316.